The molecule has 0 bridgehead atoms. The molecule has 0 heterocycles. The van der Waals surface area contributed by atoms with Crippen LogP contribution in [0.4, 0.5) is 0 Å². The molecule has 0 spiro atoms. The molecule has 0 saturated heterocycles. The Morgan fingerprint density at radius 2 is 2.06 bits per heavy atom. The first kappa shape index (κ1) is 13.9. The predicted octanol–water partition coefficient (Wildman–Crippen LogP) is 4.14. The summed E-state index contributed by atoms with van der Waals surface area (Å²) in [6.07, 6.45) is 4.00. The molecule has 0 aliphatic heterocycles. The lowest BCUT2D eigenvalue weighted by Gasteiger charge is -2.36. The number of nitrogens with one attached hydrogen (secondary N) is 1. The zero-order valence-electron chi connectivity index (χ0n) is 11.6. The quantitative estimate of drug-likeness (QED) is 0.902. The zero-order chi connectivity index (χ0) is 13.3. The van der Waals surface area contributed by atoms with Gasteiger partial charge in [0.1, 0.15) is 5.75 Å². The van der Waals surface area contributed by atoms with Crippen LogP contribution in [0.25, 0.3) is 0 Å². The molecule has 3 heteroatoms. The molecule has 1 aromatic carbocycles. The van der Waals surface area contributed by atoms with Gasteiger partial charge in [-0.15, -0.1) is 0 Å². The van der Waals surface area contributed by atoms with Crippen molar-refractivity contribution in [2.75, 3.05) is 14.2 Å². The molecule has 1 aliphatic rings. The molecule has 0 radical (unpaired) electrons. The summed E-state index contributed by atoms with van der Waals surface area (Å²) in [7, 11) is 3.82. The fraction of sp³-hybridized carbons (Fsp3) is 0.600. The third-order valence-electron chi connectivity index (χ3n) is 4.16. The first-order valence-electron chi connectivity index (χ1n) is 6.61. The first-order chi connectivity index (χ1) is 8.60. The summed E-state index contributed by atoms with van der Waals surface area (Å²) >= 11 is 3.66. The van der Waals surface area contributed by atoms with E-state index >= 15 is 0 Å². The third-order valence-corrected chi connectivity index (χ3v) is 4.98. The molecule has 0 amide bonds. The molecule has 0 aromatic heterocycles. The molecule has 1 unspecified atom stereocenters. The van der Waals surface area contributed by atoms with Gasteiger partial charge in [0, 0.05) is 16.1 Å². The minimum atomic E-state index is 0.407. The third kappa shape index (κ3) is 2.30. The second-order valence-electron chi connectivity index (χ2n) is 5.20. The highest BCUT2D eigenvalue weighted by atomic mass is 79.9. The van der Waals surface area contributed by atoms with E-state index in [0.29, 0.717) is 6.04 Å². The minimum Gasteiger partial charge on any atom is -0.496 e. The van der Waals surface area contributed by atoms with Crippen molar-refractivity contribution < 1.29 is 4.74 Å². The van der Waals surface area contributed by atoms with Gasteiger partial charge in [0.15, 0.2) is 0 Å². The van der Waals surface area contributed by atoms with Gasteiger partial charge in [-0.25, -0.2) is 0 Å². The van der Waals surface area contributed by atoms with Gasteiger partial charge in [0.2, 0.25) is 0 Å². The number of halogens is 1. The molecule has 1 fully saturated rings. The van der Waals surface area contributed by atoms with Gasteiger partial charge in [-0.2, -0.15) is 0 Å². The van der Waals surface area contributed by atoms with E-state index in [1.54, 1.807) is 7.11 Å². The second kappa shape index (κ2) is 5.62. The highest BCUT2D eigenvalue weighted by molar-refractivity contribution is 9.10. The van der Waals surface area contributed by atoms with E-state index in [1.165, 1.54) is 40.4 Å². The fourth-order valence-corrected chi connectivity index (χ4v) is 3.47. The van der Waals surface area contributed by atoms with Gasteiger partial charge in [-0.1, -0.05) is 22.4 Å². The Labute approximate surface area is 118 Å². The predicted molar refractivity (Wildman–Crippen MR) is 79.3 cm³/mol. The van der Waals surface area contributed by atoms with E-state index < -0.39 is 0 Å². The topological polar surface area (TPSA) is 21.3 Å². The summed E-state index contributed by atoms with van der Waals surface area (Å²) in [5, 5.41) is 3.49. The van der Waals surface area contributed by atoms with Crippen LogP contribution < -0.4 is 10.1 Å². The number of benzene rings is 1. The Balaban J connectivity index is 2.51. The minimum absolute atomic E-state index is 0.407. The summed E-state index contributed by atoms with van der Waals surface area (Å²) in [4.78, 5) is 0. The summed E-state index contributed by atoms with van der Waals surface area (Å²) in [6.45, 7) is 4.28. The van der Waals surface area contributed by atoms with Crippen LogP contribution in [0.15, 0.2) is 10.5 Å². The lowest BCUT2D eigenvalue weighted by atomic mass is 9.76. The highest BCUT2D eigenvalue weighted by Crippen LogP contribution is 2.44. The van der Waals surface area contributed by atoms with Gasteiger partial charge in [-0.05, 0) is 56.8 Å². The average molecular weight is 312 g/mol. The van der Waals surface area contributed by atoms with Gasteiger partial charge >= 0.3 is 0 Å². The largest absolute Gasteiger partial charge is 0.496 e. The summed E-state index contributed by atoms with van der Waals surface area (Å²) < 4.78 is 6.83. The average Bonchev–Trinajstić information content (AvgIpc) is 2.28. The lowest BCUT2D eigenvalue weighted by molar-refractivity contribution is 0.234. The highest BCUT2D eigenvalue weighted by Gasteiger charge is 2.31. The maximum Gasteiger partial charge on any atom is 0.126 e. The number of ether oxygens (including phenoxy) is 1. The van der Waals surface area contributed by atoms with Crippen LogP contribution in [0.2, 0.25) is 0 Å². The van der Waals surface area contributed by atoms with Crippen molar-refractivity contribution in [2.24, 2.45) is 5.92 Å². The Bertz CT molecular complexity index is 441. The van der Waals surface area contributed by atoms with Crippen molar-refractivity contribution in [3.8, 4) is 5.75 Å². The van der Waals surface area contributed by atoms with Crippen molar-refractivity contribution in [2.45, 2.75) is 39.2 Å². The number of hydrogen-bond donors (Lipinski definition) is 1. The Morgan fingerprint density at radius 3 is 2.50 bits per heavy atom. The van der Waals surface area contributed by atoms with Crippen LogP contribution in [-0.4, -0.2) is 14.2 Å². The van der Waals surface area contributed by atoms with Crippen molar-refractivity contribution in [3.05, 3.63) is 27.2 Å². The van der Waals surface area contributed by atoms with Crippen LogP contribution >= 0.6 is 15.9 Å². The van der Waals surface area contributed by atoms with Gasteiger partial charge in [0.05, 0.1) is 7.11 Å². The maximum atomic E-state index is 5.65. The monoisotopic (exact) mass is 311 g/mol. The molecule has 2 nitrogen and oxygen atoms in total. The molecule has 1 atom stereocenters. The normalized spacial score (nSPS) is 17.4. The second-order valence-corrected chi connectivity index (χ2v) is 6.06. The molecule has 1 N–H and O–H groups in total. The van der Waals surface area contributed by atoms with Gasteiger partial charge in [-0.3, -0.25) is 0 Å². The molecular formula is C15H22BrNO. The molecular weight excluding hydrogens is 290 g/mol. The van der Waals surface area contributed by atoms with Crippen LogP contribution in [0.5, 0.6) is 5.75 Å². The molecule has 1 aliphatic carbocycles. The van der Waals surface area contributed by atoms with E-state index in [-0.39, 0.29) is 0 Å². The Hall–Kier alpha value is -0.540. The van der Waals surface area contributed by atoms with Crippen LogP contribution in [0.1, 0.15) is 42.0 Å². The molecule has 100 valence electrons. The fourth-order valence-electron chi connectivity index (χ4n) is 2.91. The SMILES string of the molecule is CNC(c1c(C)c(Br)cc(C)c1OC)C1CCC1. The lowest BCUT2D eigenvalue weighted by Crippen LogP contribution is -2.31. The Kier molecular flexibility index (Phi) is 4.33. The van der Waals surface area contributed by atoms with Crippen LogP contribution in [0.3, 0.4) is 0 Å². The van der Waals surface area contributed by atoms with Crippen molar-refractivity contribution in [1.29, 1.82) is 0 Å². The standard InChI is InChI=1S/C15H22BrNO/c1-9-8-12(16)10(2)13(15(9)18-4)14(17-3)11-6-5-7-11/h8,11,14,17H,5-7H2,1-4H3. The zero-order valence-corrected chi connectivity index (χ0v) is 13.2. The van der Waals surface area contributed by atoms with E-state index in [9.17, 15) is 0 Å². The molecule has 1 aromatic rings. The number of aryl methyl sites for hydroxylation is 1. The molecule has 1 saturated carbocycles. The van der Waals surface area contributed by atoms with Crippen LogP contribution in [0, 0.1) is 19.8 Å². The first-order valence-corrected chi connectivity index (χ1v) is 7.40. The maximum absolute atomic E-state index is 5.65. The number of hydrogen-bond acceptors (Lipinski definition) is 2. The summed E-state index contributed by atoms with van der Waals surface area (Å²) in [6, 6.07) is 2.55. The van der Waals surface area contributed by atoms with Crippen LogP contribution in [-0.2, 0) is 0 Å². The van der Waals surface area contributed by atoms with Gasteiger partial charge in [0.25, 0.3) is 0 Å². The molecule has 18 heavy (non-hydrogen) atoms. The van der Waals surface area contributed by atoms with E-state index in [4.69, 9.17) is 4.74 Å². The summed E-state index contributed by atoms with van der Waals surface area (Å²) in [5.41, 5.74) is 3.82. The number of rotatable bonds is 4. The molecule has 2 rings (SSSR count). The van der Waals surface area contributed by atoms with E-state index in [2.05, 4.69) is 48.2 Å². The summed E-state index contributed by atoms with van der Waals surface area (Å²) in [5.74, 6) is 1.79. The number of methoxy groups -OCH3 is 1. The van der Waals surface area contributed by atoms with Gasteiger partial charge < -0.3 is 10.1 Å². The van der Waals surface area contributed by atoms with E-state index in [0.717, 1.165) is 11.7 Å². The van der Waals surface area contributed by atoms with E-state index in [1.807, 2.05) is 0 Å². The Morgan fingerprint density at radius 1 is 1.39 bits per heavy atom. The van der Waals surface area contributed by atoms with Crippen molar-refractivity contribution >= 4 is 15.9 Å². The van der Waals surface area contributed by atoms with Crippen molar-refractivity contribution in [1.82, 2.24) is 5.32 Å². The smallest absolute Gasteiger partial charge is 0.126 e. The van der Waals surface area contributed by atoms with Crippen molar-refractivity contribution in [3.63, 3.8) is 0 Å².